The van der Waals surface area contributed by atoms with Crippen molar-refractivity contribution in [3.63, 3.8) is 0 Å². The van der Waals surface area contributed by atoms with E-state index >= 15 is 0 Å². The van der Waals surface area contributed by atoms with Gasteiger partial charge in [0.15, 0.2) is 18.1 Å². The minimum atomic E-state index is -0.629. The van der Waals surface area contributed by atoms with Crippen molar-refractivity contribution in [1.29, 1.82) is 0 Å². The van der Waals surface area contributed by atoms with Crippen molar-refractivity contribution in [3.05, 3.63) is 17.7 Å². The molecule has 0 unspecified atom stereocenters. The third-order valence-corrected chi connectivity index (χ3v) is 8.41. The van der Waals surface area contributed by atoms with Gasteiger partial charge >= 0.3 is 0 Å². The minimum absolute atomic E-state index is 0.150. The van der Waals surface area contributed by atoms with Crippen molar-refractivity contribution in [2.24, 2.45) is 28.9 Å². The highest BCUT2D eigenvalue weighted by Gasteiger charge is 2.55. The summed E-state index contributed by atoms with van der Waals surface area (Å²) < 4.78 is 16.2. The fraction of sp³-hybridized carbons (Fsp3) is 0.654. The van der Waals surface area contributed by atoms with Crippen molar-refractivity contribution in [2.45, 2.75) is 38.5 Å². The largest absolute Gasteiger partial charge is 0.493 e. The smallest absolute Gasteiger partial charge is 0.255 e. The van der Waals surface area contributed by atoms with Crippen LogP contribution in [0.4, 0.5) is 0 Å². The molecule has 1 saturated heterocycles. The van der Waals surface area contributed by atoms with Crippen LogP contribution in [0.2, 0.25) is 0 Å². The zero-order valence-electron chi connectivity index (χ0n) is 20.6. The number of amides is 3. The molecule has 9 heteroatoms. The van der Waals surface area contributed by atoms with Crippen molar-refractivity contribution in [3.8, 4) is 17.2 Å². The number of piperazine rings is 1. The Morgan fingerprint density at radius 3 is 1.83 bits per heavy atom. The second kappa shape index (κ2) is 9.24. The number of hydrogen-bond donors (Lipinski definition) is 1. The molecule has 2 N–H and O–H groups in total. The maximum Gasteiger partial charge on any atom is 0.255 e. The lowest BCUT2D eigenvalue weighted by Gasteiger charge is -2.57. The fourth-order valence-electron chi connectivity index (χ4n) is 7.29. The third-order valence-electron chi connectivity index (χ3n) is 8.41. The maximum absolute atomic E-state index is 13.7. The van der Waals surface area contributed by atoms with Gasteiger partial charge in [0, 0.05) is 31.7 Å². The molecule has 6 rings (SSSR count). The molecule has 1 aromatic carbocycles. The summed E-state index contributed by atoms with van der Waals surface area (Å²) >= 11 is 0. The van der Waals surface area contributed by atoms with Gasteiger partial charge in [-0.05, 0) is 68.4 Å². The summed E-state index contributed by atoms with van der Waals surface area (Å²) in [5, 5.41) is 0. The Balaban J connectivity index is 1.25. The van der Waals surface area contributed by atoms with Crippen LogP contribution in [0.25, 0.3) is 0 Å². The fourth-order valence-corrected chi connectivity index (χ4v) is 7.29. The SMILES string of the molecule is COc1cc(C(=O)N2CCN(C(=O)C34CC5CC(CC(C5)C3)C4)CC2)cc(OC)c1OCC(N)=O. The number of hydrogen-bond acceptors (Lipinski definition) is 6. The van der Waals surface area contributed by atoms with Crippen LogP contribution in [0.1, 0.15) is 48.9 Å². The first kappa shape index (κ1) is 23.8. The second-order valence-corrected chi connectivity index (χ2v) is 10.7. The standard InChI is InChI=1S/C26H35N3O6/c1-33-20-10-19(11-21(34-2)23(20)35-15-22(27)30)24(31)28-3-5-29(6-4-28)25(32)26-12-16-7-17(13-26)9-18(8-16)14-26/h10-11,16-18H,3-9,12-15H2,1-2H3,(H2,27,30). The molecule has 0 radical (unpaired) electrons. The first-order valence-electron chi connectivity index (χ1n) is 12.6. The predicted molar refractivity (Wildman–Crippen MR) is 127 cm³/mol. The lowest BCUT2D eigenvalue weighted by Crippen LogP contribution is -2.58. The number of carbonyl (C=O) groups excluding carboxylic acids is 3. The summed E-state index contributed by atoms with van der Waals surface area (Å²) in [6.07, 6.45) is 7.11. The minimum Gasteiger partial charge on any atom is -0.493 e. The van der Waals surface area contributed by atoms with Gasteiger partial charge in [-0.2, -0.15) is 0 Å². The van der Waals surface area contributed by atoms with E-state index in [2.05, 4.69) is 0 Å². The number of primary amides is 1. The Kier molecular flexibility index (Phi) is 6.27. The maximum atomic E-state index is 13.7. The predicted octanol–water partition coefficient (Wildman–Crippen LogP) is 2.07. The van der Waals surface area contributed by atoms with Gasteiger partial charge in [-0.15, -0.1) is 0 Å². The number of methoxy groups -OCH3 is 2. The topological polar surface area (TPSA) is 111 Å². The summed E-state index contributed by atoms with van der Waals surface area (Å²) in [6, 6.07) is 3.16. The molecule has 1 heterocycles. The Hall–Kier alpha value is -2.97. The molecular weight excluding hydrogens is 450 g/mol. The molecule has 0 spiro atoms. The van der Waals surface area contributed by atoms with Crippen LogP contribution in [-0.4, -0.2) is 74.5 Å². The molecule has 1 aliphatic heterocycles. The number of nitrogens with two attached hydrogens (primary N) is 1. The van der Waals surface area contributed by atoms with Crippen LogP contribution < -0.4 is 19.9 Å². The zero-order valence-corrected chi connectivity index (χ0v) is 20.6. The van der Waals surface area contributed by atoms with Crippen LogP contribution in [-0.2, 0) is 9.59 Å². The van der Waals surface area contributed by atoms with Crippen LogP contribution in [0.5, 0.6) is 17.2 Å². The van der Waals surface area contributed by atoms with E-state index in [4.69, 9.17) is 19.9 Å². The molecule has 1 aromatic rings. The van der Waals surface area contributed by atoms with Crippen molar-refractivity contribution >= 4 is 17.7 Å². The Morgan fingerprint density at radius 1 is 0.886 bits per heavy atom. The quantitative estimate of drug-likeness (QED) is 0.633. The third kappa shape index (κ3) is 4.41. The van der Waals surface area contributed by atoms with E-state index in [0.717, 1.165) is 37.0 Å². The number of benzene rings is 1. The molecule has 3 amide bonds. The lowest BCUT2D eigenvalue weighted by atomic mass is 9.49. The average molecular weight is 486 g/mol. The molecule has 0 aromatic heterocycles. The molecule has 35 heavy (non-hydrogen) atoms. The lowest BCUT2D eigenvalue weighted by molar-refractivity contribution is -0.159. The Morgan fingerprint density at radius 2 is 1.37 bits per heavy atom. The average Bonchev–Trinajstić information content (AvgIpc) is 2.85. The first-order chi connectivity index (χ1) is 16.8. The van der Waals surface area contributed by atoms with Crippen LogP contribution in [0.15, 0.2) is 12.1 Å². The van der Waals surface area contributed by atoms with Gasteiger partial charge < -0.3 is 29.7 Å². The number of nitrogens with zero attached hydrogens (tertiary/aromatic N) is 2. The zero-order chi connectivity index (χ0) is 24.7. The molecular formula is C26H35N3O6. The van der Waals surface area contributed by atoms with Gasteiger partial charge in [0.25, 0.3) is 11.8 Å². The monoisotopic (exact) mass is 485 g/mol. The Bertz CT molecular complexity index is 956. The van der Waals surface area contributed by atoms with Crippen molar-refractivity contribution in [1.82, 2.24) is 9.80 Å². The molecule has 0 atom stereocenters. The highest BCUT2D eigenvalue weighted by Crippen LogP contribution is 2.60. The first-order valence-corrected chi connectivity index (χ1v) is 12.6. The summed E-state index contributed by atoms with van der Waals surface area (Å²) in [5.74, 6) is 2.50. The molecule has 9 nitrogen and oxygen atoms in total. The normalized spacial score (nSPS) is 29.1. The molecule has 5 fully saturated rings. The highest BCUT2D eigenvalue weighted by atomic mass is 16.5. The highest BCUT2D eigenvalue weighted by molar-refractivity contribution is 5.96. The van der Waals surface area contributed by atoms with Crippen LogP contribution in [0.3, 0.4) is 0 Å². The number of ether oxygens (including phenoxy) is 3. The van der Waals surface area contributed by atoms with E-state index in [-0.39, 0.29) is 35.2 Å². The van der Waals surface area contributed by atoms with E-state index in [1.165, 1.54) is 33.5 Å². The van der Waals surface area contributed by atoms with Crippen molar-refractivity contribution < 1.29 is 28.6 Å². The molecule has 4 bridgehead atoms. The number of carbonyl (C=O) groups is 3. The van der Waals surface area contributed by atoms with Crippen LogP contribution >= 0.6 is 0 Å². The van der Waals surface area contributed by atoms with E-state index in [0.29, 0.717) is 37.6 Å². The molecule has 4 aliphatic carbocycles. The molecule has 5 aliphatic rings. The molecule has 4 saturated carbocycles. The van der Waals surface area contributed by atoms with E-state index in [1.807, 2.05) is 4.90 Å². The summed E-state index contributed by atoms with van der Waals surface area (Å²) in [5.41, 5.74) is 5.42. The summed E-state index contributed by atoms with van der Waals surface area (Å²) in [6.45, 7) is 1.75. The van der Waals surface area contributed by atoms with Gasteiger partial charge in [0.1, 0.15) is 0 Å². The summed E-state index contributed by atoms with van der Waals surface area (Å²) in [4.78, 5) is 41.9. The van der Waals surface area contributed by atoms with Gasteiger partial charge in [-0.3, -0.25) is 14.4 Å². The van der Waals surface area contributed by atoms with E-state index in [1.54, 1.807) is 17.0 Å². The number of rotatable bonds is 7. The Labute approximate surface area is 205 Å². The molecule has 190 valence electrons. The van der Waals surface area contributed by atoms with Gasteiger partial charge in [-0.25, -0.2) is 0 Å². The second-order valence-electron chi connectivity index (χ2n) is 10.7. The van der Waals surface area contributed by atoms with Crippen molar-refractivity contribution in [2.75, 3.05) is 47.0 Å². The van der Waals surface area contributed by atoms with Gasteiger partial charge in [0.2, 0.25) is 11.7 Å². The summed E-state index contributed by atoms with van der Waals surface area (Å²) in [7, 11) is 2.91. The van der Waals surface area contributed by atoms with Gasteiger partial charge in [0.05, 0.1) is 19.6 Å². The van der Waals surface area contributed by atoms with E-state index in [9.17, 15) is 14.4 Å². The van der Waals surface area contributed by atoms with Crippen LogP contribution in [0, 0.1) is 23.2 Å². The van der Waals surface area contributed by atoms with E-state index < -0.39 is 5.91 Å². The van der Waals surface area contributed by atoms with Gasteiger partial charge in [-0.1, -0.05) is 0 Å².